The van der Waals surface area contributed by atoms with Crippen LogP contribution < -0.4 is 14.5 Å². The number of carbonyl (C=O) groups excluding carboxylic acids is 3. The SMILES string of the molecule is Cc1cccc(COc2ccccc2C=C2C(=O)N(c3ccccc3)C(=O)N(c3ccccc3)C2=O)c1. The number of barbiturate groups is 1. The van der Waals surface area contributed by atoms with Crippen molar-refractivity contribution in [3.63, 3.8) is 0 Å². The third kappa shape index (κ3) is 4.90. The molecule has 0 radical (unpaired) electrons. The lowest BCUT2D eigenvalue weighted by atomic mass is 10.0. The molecule has 1 heterocycles. The van der Waals surface area contributed by atoms with Gasteiger partial charge in [-0.15, -0.1) is 0 Å². The maximum atomic E-state index is 13.6. The Hall–Kier alpha value is -4.97. The van der Waals surface area contributed by atoms with Gasteiger partial charge in [0.1, 0.15) is 17.9 Å². The van der Waals surface area contributed by atoms with Crippen molar-refractivity contribution in [2.24, 2.45) is 0 Å². The first kappa shape index (κ1) is 23.8. The minimum atomic E-state index is -0.728. The van der Waals surface area contributed by atoms with Gasteiger partial charge < -0.3 is 4.74 Å². The molecule has 4 aromatic rings. The topological polar surface area (TPSA) is 66.9 Å². The van der Waals surface area contributed by atoms with E-state index in [2.05, 4.69) is 0 Å². The second-order valence-corrected chi connectivity index (χ2v) is 8.61. The van der Waals surface area contributed by atoms with E-state index >= 15 is 0 Å². The second-order valence-electron chi connectivity index (χ2n) is 8.61. The van der Waals surface area contributed by atoms with Crippen molar-refractivity contribution in [2.75, 3.05) is 9.80 Å². The van der Waals surface area contributed by atoms with Gasteiger partial charge in [0.2, 0.25) is 0 Å². The van der Waals surface area contributed by atoms with E-state index < -0.39 is 17.8 Å². The molecule has 0 spiro atoms. The molecule has 0 unspecified atom stereocenters. The van der Waals surface area contributed by atoms with Gasteiger partial charge in [0.25, 0.3) is 11.8 Å². The maximum absolute atomic E-state index is 13.6. The quantitative estimate of drug-likeness (QED) is 0.241. The minimum absolute atomic E-state index is 0.140. The molecule has 5 rings (SSSR count). The number of hydrogen-bond acceptors (Lipinski definition) is 4. The summed E-state index contributed by atoms with van der Waals surface area (Å²) in [6, 6.07) is 31.6. The molecule has 0 N–H and O–H groups in total. The van der Waals surface area contributed by atoms with Crippen molar-refractivity contribution in [1.29, 1.82) is 0 Å². The number of para-hydroxylation sites is 3. The summed E-state index contributed by atoms with van der Waals surface area (Å²) < 4.78 is 6.07. The highest BCUT2D eigenvalue weighted by Gasteiger charge is 2.43. The van der Waals surface area contributed by atoms with Gasteiger partial charge in [-0.3, -0.25) is 9.59 Å². The zero-order valence-electron chi connectivity index (χ0n) is 20.2. The molecule has 6 heteroatoms. The monoisotopic (exact) mass is 488 g/mol. The molecule has 1 saturated heterocycles. The van der Waals surface area contributed by atoms with Gasteiger partial charge in [-0.05, 0) is 48.9 Å². The molecule has 182 valence electrons. The number of urea groups is 1. The molecular formula is C31H24N2O4. The maximum Gasteiger partial charge on any atom is 0.343 e. The van der Waals surface area contributed by atoms with Crippen LogP contribution in [0.1, 0.15) is 16.7 Å². The molecule has 0 bridgehead atoms. The van der Waals surface area contributed by atoms with E-state index in [0.29, 0.717) is 29.3 Å². The predicted octanol–water partition coefficient (Wildman–Crippen LogP) is 6.16. The summed E-state index contributed by atoms with van der Waals surface area (Å²) in [6.45, 7) is 2.34. The van der Waals surface area contributed by atoms with Crippen LogP contribution in [-0.4, -0.2) is 17.8 Å². The summed E-state index contributed by atoms with van der Waals surface area (Å²) in [7, 11) is 0. The third-order valence-corrected chi connectivity index (χ3v) is 5.97. The van der Waals surface area contributed by atoms with Gasteiger partial charge >= 0.3 is 6.03 Å². The Kier molecular flexibility index (Phi) is 6.64. The molecule has 0 saturated carbocycles. The summed E-state index contributed by atoms with van der Waals surface area (Å²) in [5.41, 5.74) is 3.30. The summed E-state index contributed by atoms with van der Waals surface area (Å²) in [5, 5.41) is 0. The smallest absolute Gasteiger partial charge is 0.343 e. The highest BCUT2D eigenvalue weighted by atomic mass is 16.5. The Bertz CT molecular complexity index is 1430. The number of imide groups is 2. The fraction of sp³-hybridized carbons (Fsp3) is 0.0645. The van der Waals surface area contributed by atoms with Gasteiger partial charge in [-0.2, -0.15) is 0 Å². The number of rotatable bonds is 6. The molecule has 6 nitrogen and oxygen atoms in total. The number of amides is 4. The average molecular weight is 489 g/mol. The van der Waals surface area contributed by atoms with E-state index in [9.17, 15) is 14.4 Å². The Labute approximate surface area is 215 Å². The van der Waals surface area contributed by atoms with Crippen molar-refractivity contribution < 1.29 is 19.1 Å². The molecule has 1 fully saturated rings. The van der Waals surface area contributed by atoms with Crippen molar-refractivity contribution in [1.82, 2.24) is 0 Å². The van der Waals surface area contributed by atoms with Crippen LogP contribution >= 0.6 is 0 Å². The van der Waals surface area contributed by atoms with Gasteiger partial charge in [0.15, 0.2) is 0 Å². The van der Waals surface area contributed by atoms with Crippen LogP contribution in [-0.2, 0) is 16.2 Å². The van der Waals surface area contributed by atoms with E-state index in [0.717, 1.165) is 20.9 Å². The standard InChI is InChI=1S/C31H24N2O4/c1-22-11-10-12-23(19-22)21-37-28-18-9-8-13-24(28)20-27-29(34)32(25-14-4-2-5-15-25)31(36)33(30(27)35)26-16-6-3-7-17-26/h2-20H,21H2,1H3. The molecule has 4 aromatic carbocycles. The van der Waals surface area contributed by atoms with E-state index in [1.807, 2.05) is 37.3 Å². The molecule has 37 heavy (non-hydrogen) atoms. The van der Waals surface area contributed by atoms with Crippen LogP contribution in [0.4, 0.5) is 16.2 Å². The van der Waals surface area contributed by atoms with Gasteiger partial charge in [-0.1, -0.05) is 84.4 Å². The van der Waals surface area contributed by atoms with Crippen molar-refractivity contribution in [2.45, 2.75) is 13.5 Å². The zero-order chi connectivity index (χ0) is 25.8. The first-order valence-electron chi connectivity index (χ1n) is 11.8. The lowest BCUT2D eigenvalue weighted by Crippen LogP contribution is -2.57. The first-order valence-corrected chi connectivity index (χ1v) is 11.8. The zero-order valence-corrected chi connectivity index (χ0v) is 20.2. The summed E-state index contributed by atoms with van der Waals surface area (Å²) >= 11 is 0. The molecule has 0 atom stereocenters. The van der Waals surface area contributed by atoms with Crippen molar-refractivity contribution in [3.05, 3.63) is 131 Å². The molecule has 0 aromatic heterocycles. The van der Waals surface area contributed by atoms with Gasteiger partial charge in [0, 0.05) is 5.56 Å². The van der Waals surface area contributed by atoms with Crippen LogP contribution in [0.25, 0.3) is 6.08 Å². The fourth-order valence-corrected chi connectivity index (χ4v) is 4.19. The molecule has 1 aliphatic heterocycles. The lowest BCUT2D eigenvalue weighted by Gasteiger charge is -2.34. The van der Waals surface area contributed by atoms with Crippen molar-refractivity contribution in [3.8, 4) is 5.75 Å². The lowest BCUT2D eigenvalue weighted by molar-refractivity contribution is -0.121. The number of anilines is 2. The van der Waals surface area contributed by atoms with Crippen LogP contribution in [0.5, 0.6) is 5.75 Å². The normalized spacial score (nSPS) is 13.6. The number of ether oxygens (including phenoxy) is 1. The number of aryl methyl sites for hydroxylation is 1. The Balaban J connectivity index is 1.55. The number of benzene rings is 4. The van der Waals surface area contributed by atoms with E-state index in [1.54, 1.807) is 78.9 Å². The summed E-state index contributed by atoms with van der Waals surface area (Å²) in [4.78, 5) is 42.7. The van der Waals surface area contributed by atoms with Gasteiger partial charge in [0.05, 0.1) is 11.4 Å². The van der Waals surface area contributed by atoms with E-state index in [-0.39, 0.29) is 5.57 Å². The van der Waals surface area contributed by atoms with Crippen LogP contribution in [0.15, 0.2) is 115 Å². The molecule has 0 aliphatic carbocycles. The van der Waals surface area contributed by atoms with Crippen LogP contribution in [0.3, 0.4) is 0 Å². The molecule has 4 amide bonds. The summed E-state index contributed by atoms with van der Waals surface area (Å²) in [6.07, 6.45) is 1.49. The Morgan fingerprint density at radius 2 is 1.24 bits per heavy atom. The highest BCUT2D eigenvalue weighted by molar-refractivity contribution is 6.46. The predicted molar refractivity (Wildman–Crippen MR) is 143 cm³/mol. The average Bonchev–Trinajstić information content (AvgIpc) is 2.92. The van der Waals surface area contributed by atoms with E-state index in [4.69, 9.17) is 4.74 Å². The van der Waals surface area contributed by atoms with Gasteiger partial charge in [-0.25, -0.2) is 14.6 Å². The molecule has 1 aliphatic rings. The fourth-order valence-electron chi connectivity index (χ4n) is 4.19. The molecular weight excluding hydrogens is 464 g/mol. The number of hydrogen-bond donors (Lipinski definition) is 0. The third-order valence-electron chi connectivity index (χ3n) is 5.97. The highest BCUT2D eigenvalue weighted by Crippen LogP contribution is 2.31. The first-order chi connectivity index (χ1) is 18.0. The Morgan fingerprint density at radius 1 is 0.676 bits per heavy atom. The summed E-state index contributed by atoms with van der Waals surface area (Å²) in [5.74, 6) is -0.865. The van der Waals surface area contributed by atoms with E-state index in [1.165, 1.54) is 6.08 Å². The second kappa shape index (κ2) is 10.3. The minimum Gasteiger partial charge on any atom is -0.488 e. The number of nitrogens with zero attached hydrogens (tertiary/aromatic N) is 2. The van der Waals surface area contributed by atoms with Crippen LogP contribution in [0.2, 0.25) is 0 Å². The Morgan fingerprint density at radius 3 is 1.84 bits per heavy atom. The van der Waals surface area contributed by atoms with Crippen LogP contribution in [0, 0.1) is 6.92 Å². The largest absolute Gasteiger partial charge is 0.488 e. The van der Waals surface area contributed by atoms with Crippen molar-refractivity contribution >= 4 is 35.3 Å². The number of carbonyl (C=O) groups is 3.